The Labute approximate surface area is 167 Å². The number of piperidine rings is 3. The third kappa shape index (κ3) is 2.48. The number of ether oxygens (including phenoxy) is 1. The van der Waals surface area contributed by atoms with Gasteiger partial charge in [0.05, 0.1) is 12.1 Å². The molecule has 4 aliphatic heterocycles. The Hall–Kier alpha value is -2.44. The number of carbonyl (C=O) groups excluding carboxylic acids is 1. The molecule has 2 bridgehead atoms. The fourth-order valence-electron chi connectivity index (χ4n) is 5.03. The van der Waals surface area contributed by atoms with Crippen molar-refractivity contribution < 1.29 is 9.53 Å². The summed E-state index contributed by atoms with van der Waals surface area (Å²) in [6, 6.07) is 14.5. The Morgan fingerprint density at radius 3 is 2.82 bits per heavy atom. The number of hydrogen-bond acceptors (Lipinski definition) is 5. The zero-order valence-corrected chi connectivity index (χ0v) is 16.3. The van der Waals surface area contributed by atoms with Gasteiger partial charge < -0.3 is 4.74 Å². The van der Waals surface area contributed by atoms with Gasteiger partial charge in [0.2, 0.25) is 0 Å². The molecule has 142 valence electrons. The van der Waals surface area contributed by atoms with Crippen LogP contribution in [0.15, 0.2) is 48.7 Å². The Bertz CT molecular complexity index is 1070. The molecular weight excluding hydrogens is 370 g/mol. The van der Waals surface area contributed by atoms with E-state index in [0.29, 0.717) is 12.5 Å². The van der Waals surface area contributed by atoms with Crippen molar-refractivity contribution >= 4 is 33.3 Å². The molecule has 0 aliphatic carbocycles. The number of fused-ring (bicyclic) bond motifs is 3. The second-order valence-corrected chi connectivity index (χ2v) is 9.18. The number of anilines is 1. The Morgan fingerprint density at radius 2 is 2.00 bits per heavy atom. The average molecular weight is 391 g/mol. The van der Waals surface area contributed by atoms with Crippen molar-refractivity contribution in [2.24, 2.45) is 5.92 Å². The van der Waals surface area contributed by atoms with Gasteiger partial charge in [-0.15, -0.1) is 11.3 Å². The van der Waals surface area contributed by atoms with Crippen molar-refractivity contribution in [3.63, 3.8) is 0 Å². The first-order valence-electron chi connectivity index (χ1n) is 9.88. The van der Waals surface area contributed by atoms with E-state index in [2.05, 4.69) is 40.2 Å². The number of benzene rings is 1. The summed E-state index contributed by atoms with van der Waals surface area (Å²) < 4.78 is 6.01. The van der Waals surface area contributed by atoms with Gasteiger partial charge in [-0.25, -0.2) is 4.79 Å². The number of amides is 1. The van der Waals surface area contributed by atoms with Crippen LogP contribution in [-0.4, -0.2) is 47.8 Å². The molecule has 5 nitrogen and oxygen atoms in total. The van der Waals surface area contributed by atoms with Crippen molar-refractivity contribution in [1.82, 2.24) is 9.88 Å². The summed E-state index contributed by atoms with van der Waals surface area (Å²) in [4.78, 5) is 22.6. The van der Waals surface area contributed by atoms with E-state index in [4.69, 9.17) is 4.74 Å². The Balaban J connectivity index is 1.30. The number of rotatable bonds is 2. The molecule has 4 fully saturated rings. The summed E-state index contributed by atoms with van der Waals surface area (Å²) in [6.07, 6.45) is 3.91. The van der Waals surface area contributed by atoms with Gasteiger partial charge in [0, 0.05) is 28.9 Å². The van der Waals surface area contributed by atoms with Crippen LogP contribution in [0.2, 0.25) is 0 Å². The predicted molar refractivity (Wildman–Crippen MR) is 111 cm³/mol. The SMILES string of the molecule is O=C1OC2(CN3CCC2CC3)CN1c1ccc(-c2ccc3cccnc3c2)s1. The first kappa shape index (κ1) is 16.5. The van der Waals surface area contributed by atoms with Crippen molar-refractivity contribution in [3.05, 3.63) is 48.7 Å². The van der Waals surface area contributed by atoms with Crippen molar-refractivity contribution in [2.45, 2.75) is 18.4 Å². The highest BCUT2D eigenvalue weighted by Crippen LogP contribution is 2.45. The smallest absolute Gasteiger partial charge is 0.415 e. The van der Waals surface area contributed by atoms with Crippen LogP contribution in [0.25, 0.3) is 21.3 Å². The lowest BCUT2D eigenvalue weighted by Crippen LogP contribution is -2.61. The predicted octanol–water partition coefficient (Wildman–Crippen LogP) is 4.38. The summed E-state index contributed by atoms with van der Waals surface area (Å²) in [5.41, 5.74) is 1.80. The largest absolute Gasteiger partial charge is 0.439 e. The van der Waals surface area contributed by atoms with E-state index in [1.807, 2.05) is 23.2 Å². The number of aromatic nitrogens is 1. The van der Waals surface area contributed by atoms with Gasteiger partial charge in [-0.3, -0.25) is 14.8 Å². The van der Waals surface area contributed by atoms with Crippen LogP contribution in [-0.2, 0) is 4.74 Å². The number of nitrogens with zero attached hydrogens (tertiary/aromatic N) is 3. The van der Waals surface area contributed by atoms with Crippen LogP contribution in [0.1, 0.15) is 12.8 Å². The summed E-state index contributed by atoms with van der Waals surface area (Å²) in [7, 11) is 0. The van der Waals surface area contributed by atoms with Gasteiger partial charge in [-0.1, -0.05) is 18.2 Å². The van der Waals surface area contributed by atoms with E-state index in [-0.39, 0.29) is 11.7 Å². The minimum atomic E-state index is -0.315. The Morgan fingerprint density at radius 1 is 1.11 bits per heavy atom. The molecule has 28 heavy (non-hydrogen) atoms. The van der Waals surface area contributed by atoms with Gasteiger partial charge in [0.15, 0.2) is 0 Å². The molecule has 1 spiro atoms. The maximum absolute atomic E-state index is 12.7. The quantitative estimate of drug-likeness (QED) is 0.650. The van der Waals surface area contributed by atoms with Crippen molar-refractivity contribution in [3.8, 4) is 10.4 Å². The zero-order valence-electron chi connectivity index (χ0n) is 15.5. The highest BCUT2D eigenvalue weighted by molar-refractivity contribution is 7.19. The maximum Gasteiger partial charge on any atom is 0.415 e. The number of pyridine rings is 1. The van der Waals surface area contributed by atoms with Crippen molar-refractivity contribution in [2.75, 3.05) is 31.1 Å². The van der Waals surface area contributed by atoms with Crippen LogP contribution < -0.4 is 4.90 Å². The number of thiophene rings is 1. The first-order valence-corrected chi connectivity index (χ1v) is 10.7. The van der Waals surface area contributed by atoms with Crippen LogP contribution in [0.4, 0.5) is 9.80 Å². The minimum absolute atomic E-state index is 0.192. The van der Waals surface area contributed by atoms with E-state index >= 15 is 0 Å². The average Bonchev–Trinajstić information content (AvgIpc) is 3.33. The zero-order chi connectivity index (χ0) is 18.7. The van der Waals surface area contributed by atoms with E-state index in [0.717, 1.165) is 58.8 Å². The molecule has 4 aliphatic rings. The van der Waals surface area contributed by atoms with E-state index < -0.39 is 0 Å². The standard InChI is InChI=1S/C22H21N3O2S/c26-21-25(14-22(27-21)13-24-10-7-17(22)8-11-24)20-6-5-19(28-20)16-4-3-15-2-1-9-23-18(15)12-16/h1-6,9,12,17H,7-8,10-11,13-14H2. The molecule has 6 heterocycles. The normalized spacial score (nSPS) is 29.0. The topological polar surface area (TPSA) is 45.7 Å². The fraction of sp³-hybridized carbons (Fsp3) is 0.364. The second kappa shape index (κ2) is 6.03. The molecular formula is C22H21N3O2S. The molecule has 7 rings (SSSR count). The molecule has 1 aromatic carbocycles. The van der Waals surface area contributed by atoms with Gasteiger partial charge >= 0.3 is 6.09 Å². The van der Waals surface area contributed by atoms with Crippen LogP contribution in [0.3, 0.4) is 0 Å². The summed E-state index contributed by atoms with van der Waals surface area (Å²) in [5, 5.41) is 2.10. The minimum Gasteiger partial charge on any atom is -0.439 e. The van der Waals surface area contributed by atoms with Gasteiger partial charge in [-0.2, -0.15) is 0 Å². The third-order valence-electron chi connectivity index (χ3n) is 6.51. The molecule has 0 radical (unpaired) electrons. The van der Waals surface area contributed by atoms with E-state index in [1.165, 1.54) is 0 Å². The third-order valence-corrected chi connectivity index (χ3v) is 7.67. The van der Waals surface area contributed by atoms with Crippen LogP contribution >= 0.6 is 11.3 Å². The summed E-state index contributed by atoms with van der Waals surface area (Å²) >= 11 is 1.65. The molecule has 1 unspecified atom stereocenters. The monoisotopic (exact) mass is 391 g/mol. The molecule has 0 saturated carbocycles. The van der Waals surface area contributed by atoms with Crippen LogP contribution in [0.5, 0.6) is 0 Å². The molecule has 1 amide bonds. The maximum atomic E-state index is 12.7. The van der Waals surface area contributed by atoms with E-state index in [9.17, 15) is 4.79 Å². The molecule has 3 aromatic rings. The lowest BCUT2D eigenvalue weighted by atomic mass is 9.75. The molecule has 6 heteroatoms. The van der Waals surface area contributed by atoms with Gasteiger partial charge in [0.1, 0.15) is 10.6 Å². The number of hydrogen-bond donors (Lipinski definition) is 0. The summed E-state index contributed by atoms with van der Waals surface area (Å²) in [5.74, 6) is 0.498. The van der Waals surface area contributed by atoms with Gasteiger partial charge in [0.25, 0.3) is 0 Å². The second-order valence-electron chi connectivity index (χ2n) is 8.12. The van der Waals surface area contributed by atoms with Crippen molar-refractivity contribution in [1.29, 1.82) is 0 Å². The van der Waals surface area contributed by atoms with Crippen LogP contribution in [0, 0.1) is 5.92 Å². The molecule has 4 saturated heterocycles. The molecule has 2 aromatic heterocycles. The van der Waals surface area contributed by atoms with E-state index in [1.54, 1.807) is 11.3 Å². The summed E-state index contributed by atoms with van der Waals surface area (Å²) in [6.45, 7) is 3.84. The first-order chi connectivity index (χ1) is 13.7. The molecule has 0 N–H and O–H groups in total. The lowest BCUT2D eigenvalue weighted by molar-refractivity contribution is -0.0881. The highest BCUT2D eigenvalue weighted by Gasteiger charge is 2.55. The Kier molecular flexibility index (Phi) is 3.55. The fourth-order valence-corrected chi connectivity index (χ4v) is 6.02. The lowest BCUT2D eigenvalue weighted by Gasteiger charge is -2.49. The number of carbonyl (C=O) groups is 1. The molecule has 1 atom stereocenters. The van der Waals surface area contributed by atoms with Gasteiger partial charge in [-0.05, 0) is 55.8 Å². The highest BCUT2D eigenvalue weighted by atomic mass is 32.1.